The van der Waals surface area contributed by atoms with E-state index in [1.165, 1.54) is 31.3 Å². The average Bonchev–Trinajstić information content (AvgIpc) is 2.62. The number of hydrogen-bond acceptors (Lipinski definition) is 4. The van der Waals surface area contributed by atoms with Gasteiger partial charge < -0.3 is 10.1 Å². The highest BCUT2D eigenvalue weighted by molar-refractivity contribution is 7.89. The maximum absolute atomic E-state index is 12.0. The molecule has 2 rings (SSSR count). The number of rotatable bonds is 8. The molecule has 24 heavy (non-hydrogen) atoms. The second-order valence-corrected chi connectivity index (χ2v) is 6.89. The van der Waals surface area contributed by atoms with E-state index in [4.69, 9.17) is 4.74 Å². The topological polar surface area (TPSA) is 84.5 Å². The standard InChI is InChI=1S/C17H20N2O4S/c1-18-24(21,22)16-10-8-14(9-11-16)17(20)19-12-5-13-23-15-6-3-2-4-7-15/h2-4,6-11,18H,5,12-13H2,1H3,(H,19,20). The van der Waals surface area contributed by atoms with E-state index in [1.807, 2.05) is 30.3 Å². The molecule has 6 nitrogen and oxygen atoms in total. The van der Waals surface area contributed by atoms with Gasteiger partial charge in [0.05, 0.1) is 11.5 Å². The molecule has 0 heterocycles. The van der Waals surface area contributed by atoms with E-state index in [9.17, 15) is 13.2 Å². The summed E-state index contributed by atoms with van der Waals surface area (Å²) in [4.78, 5) is 12.1. The highest BCUT2D eigenvalue weighted by Crippen LogP contribution is 2.10. The Hall–Kier alpha value is -2.38. The zero-order chi connectivity index (χ0) is 17.4. The van der Waals surface area contributed by atoms with Crippen molar-refractivity contribution in [3.8, 4) is 5.75 Å². The molecule has 0 aliphatic heterocycles. The summed E-state index contributed by atoms with van der Waals surface area (Å²) in [5.74, 6) is 0.549. The molecule has 7 heteroatoms. The fraction of sp³-hybridized carbons (Fsp3) is 0.235. The first kappa shape index (κ1) is 18.0. The Kier molecular flexibility index (Phi) is 6.34. The first-order valence-corrected chi connectivity index (χ1v) is 9.01. The fourth-order valence-corrected chi connectivity index (χ4v) is 2.72. The lowest BCUT2D eigenvalue weighted by Gasteiger charge is -2.08. The molecule has 0 radical (unpaired) electrons. The molecular weight excluding hydrogens is 328 g/mol. The summed E-state index contributed by atoms with van der Waals surface area (Å²) in [6.45, 7) is 0.978. The zero-order valence-electron chi connectivity index (χ0n) is 13.4. The van der Waals surface area contributed by atoms with Gasteiger partial charge in [0, 0.05) is 12.1 Å². The molecule has 2 N–H and O–H groups in total. The summed E-state index contributed by atoms with van der Waals surface area (Å²) in [7, 11) is -2.15. The van der Waals surface area contributed by atoms with Crippen LogP contribution in [-0.2, 0) is 10.0 Å². The van der Waals surface area contributed by atoms with E-state index in [1.54, 1.807) is 0 Å². The van der Waals surface area contributed by atoms with Crippen LogP contribution >= 0.6 is 0 Å². The Bertz CT molecular complexity index is 759. The lowest BCUT2D eigenvalue weighted by Crippen LogP contribution is -2.25. The van der Waals surface area contributed by atoms with E-state index >= 15 is 0 Å². The average molecular weight is 348 g/mol. The van der Waals surface area contributed by atoms with Crippen molar-refractivity contribution in [2.24, 2.45) is 0 Å². The molecule has 0 saturated carbocycles. The fourth-order valence-electron chi connectivity index (χ4n) is 1.99. The van der Waals surface area contributed by atoms with Gasteiger partial charge in [0.1, 0.15) is 5.75 Å². The van der Waals surface area contributed by atoms with Gasteiger partial charge >= 0.3 is 0 Å². The SMILES string of the molecule is CNS(=O)(=O)c1ccc(C(=O)NCCCOc2ccccc2)cc1. The third-order valence-electron chi connectivity index (χ3n) is 3.31. The number of carbonyl (C=O) groups is 1. The van der Waals surface area contributed by atoms with Gasteiger partial charge in [-0.2, -0.15) is 0 Å². The molecule has 0 aliphatic carbocycles. The molecule has 2 aromatic carbocycles. The minimum Gasteiger partial charge on any atom is -0.494 e. The Morgan fingerprint density at radius 3 is 2.33 bits per heavy atom. The third-order valence-corrected chi connectivity index (χ3v) is 4.74. The van der Waals surface area contributed by atoms with Gasteiger partial charge in [-0.3, -0.25) is 4.79 Å². The third kappa shape index (κ3) is 5.07. The van der Waals surface area contributed by atoms with Gasteiger partial charge in [0.15, 0.2) is 0 Å². The van der Waals surface area contributed by atoms with Crippen molar-refractivity contribution in [2.75, 3.05) is 20.2 Å². The van der Waals surface area contributed by atoms with Crippen molar-refractivity contribution in [1.29, 1.82) is 0 Å². The summed E-state index contributed by atoms with van der Waals surface area (Å²) in [6.07, 6.45) is 0.673. The highest BCUT2D eigenvalue weighted by Gasteiger charge is 2.12. The van der Waals surface area contributed by atoms with Crippen LogP contribution in [0, 0.1) is 0 Å². The molecule has 0 unspecified atom stereocenters. The van der Waals surface area contributed by atoms with E-state index in [-0.39, 0.29) is 10.8 Å². The van der Waals surface area contributed by atoms with E-state index in [2.05, 4.69) is 10.0 Å². The van der Waals surface area contributed by atoms with Crippen LogP contribution < -0.4 is 14.8 Å². The van der Waals surface area contributed by atoms with E-state index in [0.29, 0.717) is 25.1 Å². The van der Waals surface area contributed by atoms with E-state index in [0.717, 1.165) is 5.75 Å². The number of nitrogens with one attached hydrogen (secondary N) is 2. The van der Waals surface area contributed by atoms with Crippen LogP contribution in [0.5, 0.6) is 5.75 Å². The number of benzene rings is 2. The molecule has 0 aliphatic rings. The summed E-state index contributed by atoms with van der Waals surface area (Å²) >= 11 is 0. The van der Waals surface area contributed by atoms with Crippen molar-refractivity contribution >= 4 is 15.9 Å². The van der Waals surface area contributed by atoms with Crippen LogP contribution in [0.25, 0.3) is 0 Å². The Morgan fingerprint density at radius 1 is 1.04 bits per heavy atom. The molecule has 0 saturated heterocycles. The van der Waals surface area contributed by atoms with Gasteiger partial charge in [0.2, 0.25) is 10.0 Å². The summed E-state index contributed by atoms with van der Waals surface area (Å²) in [5.41, 5.74) is 0.411. The Labute approximate surface area is 141 Å². The molecule has 1 amide bonds. The predicted molar refractivity (Wildman–Crippen MR) is 91.6 cm³/mol. The number of carbonyl (C=O) groups excluding carboxylic acids is 1. The number of para-hydroxylation sites is 1. The highest BCUT2D eigenvalue weighted by atomic mass is 32.2. The van der Waals surface area contributed by atoms with Crippen molar-refractivity contribution < 1.29 is 17.9 Å². The van der Waals surface area contributed by atoms with Crippen LogP contribution in [0.1, 0.15) is 16.8 Å². The van der Waals surface area contributed by atoms with Crippen LogP contribution in [0.15, 0.2) is 59.5 Å². The second kappa shape index (κ2) is 8.47. The molecule has 2 aromatic rings. The van der Waals surface area contributed by atoms with Crippen LogP contribution in [-0.4, -0.2) is 34.5 Å². The van der Waals surface area contributed by atoms with Crippen molar-refractivity contribution in [1.82, 2.24) is 10.0 Å². The van der Waals surface area contributed by atoms with Gasteiger partial charge in [-0.25, -0.2) is 13.1 Å². The zero-order valence-corrected chi connectivity index (χ0v) is 14.2. The van der Waals surface area contributed by atoms with Crippen molar-refractivity contribution in [3.05, 3.63) is 60.2 Å². The van der Waals surface area contributed by atoms with Gasteiger partial charge in [-0.05, 0) is 49.9 Å². The molecule has 0 atom stereocenters. The number of hydrogen-bond donors (Lipinski definition) is 2. The molecule has 128 valence electrons. The molecular formula is C17H20N2O4S. The second-order valence-electron chi connectivity index (χ2n) is 5.00. The van der Waals surface area contributed by atoms with Crippen molar-refractivity contribution in [2.45, 2.75) is 11.3 Å². The number of ether oxygens (including phenoxy) is 1. The first-order valence-electron chi connectivity index (χ1n) is 7.52. The summed E-state index contributed by atoms with van der Waals surface area (Å²) < 4.78 is 31.0. The smallest absolute Gasteiger partial charge is 0.251 e. The van der Waals surface area contributed by atoms with Gasteiger partial charge in [-0.1, -0.05) is 18.2 Å². The normalized spacial score (nSPS) is 11.0. The molecule has 0 bridgehead atoms. The van der Waals surface area contributed by atoms with Gasteiger partial charge in [0.25, 0.3) is 5.91 Å². The summed E-state index contributed by atoms with van der Waals surface area (Å²) in [5, 5.41) is 2.77. The molecule has 0 spiro atoms. The minimum atomic E-state index is -3.49. The lowest BCUT2D eigenvalue weighted by atomic mass is 10.2. The van der Waals surface area contributed by atoms with Gasteiger partial charge in [-0.15, -0.1) is 0 Å². The van der Waals surface area contributed by atoms with Crippen LogP contribution in [0.3, 0.4) is 0 Å². The summed E-state index contributed by atoms with van der Waals surface area (Å²) in [6, 6.07) is 15.2. The Morgan fingerprint density at radius 2 is 1.71 bits per heavy atom. The lowest BCUT2D eigenvalue weighted by molar-refractivity contribution is 0.0951. The number of sulfonamides is 1. The molecule has 0 aromatic heterocycles. The Balaban J connectivity index is 1.76. The van der Waals surface area contributed by atoms with Crippen molar-refractivity contribution in [3.63, 3.8) is 0 Å². The van der Waals surface area contributed by atoms with E-state index < -0.39 is 10.0 Å². The van der Waals surface area contributed by atoms with Crippen LogP contribution in [0.2, 0.25) is 0 Å². The predicted octanol–water partition coefficient (Wildman–Crippen LogP) is 1.79. The molecule has 0 fully saturated rings. The largest absolute Gasteiger partial charge is 0.494 e. The maximum Gasteiger partial charge on any atom is 0.251 e. The number of amides is 1. The quantitative estimate of drug-likeness (QED) is 0.713. The first-order chi connectivity index (χ1) is 11.5. The monoisotopic (exact) mass is 348 g/mol. The minimum absolute atomic E-state index is 0.123. The van der Waals surface area contributed by atoms with Crippen LogP contribution in [0.4, 0.5) is 0 Å². The maximum atomic E-state index is 12.0.